The zero-order valence-corrected chi connectivity index (χ0v) is 7.58. The second-order valence-corrected chi connectivity index (χ2v) is 3.35. The van der Waals surface area contributed by atoms with E-state index in [4.69, 9.17) is 0 Å². The predicted molar refractivity (Wildman–Crippen MR) is 10.5 cm³/mol. The van der Waals surface area contributed by atoms with Crippen LogP contribution in [0.1, 0.15) is 6.92 Å². The van der Waals surface area contributed by atoms with E-state index in [0.29, 0.717) is 0 Å². The first kappa shape index (κ1) is 8.96. The molecular weight excluding hydrogens is 172 g/mol. The summed E-state index contributed by atoms with van der Waals surface area (Å²) in [6.07, 6.45) is 0. The quantitative estimate of drug-likeness (QED) is 0.374. The van der Waals surface area contributed by atoms with Crippen LogP contribution in [0.5, 0.6) is 0 Å². The van der Waals surface area contributed by atoms with Crippen molar-refractivity contribution in [3.63, 3.8) is 0 Å². The molecule has 2 heteroatoms. The Bertz CT molecular complexity index is 6.00. The van der Waals surface area contributed by atoms with E-state index in [0.717, 1.165) is 0 Å². The topological polar surface area (TPSA) is 0 Å². The first-order valence-corrected chi connectivity index (χ1v) is 4.06. The molecule has 0 atom stereocenters. The maximum absolute atomic E-state index is 2.20. The Hall–Kier alpha value is 1.21. The summed E-state index contributed by atoms with van der Waals surface area (Å²) in [6, 6.07) is 0. The van der Waals surface area contributed by atoms with Crippen LogP contribution in [-0.2, 0) is 25.8 Å². The van der Waals surface area contributed by atoms with Crippen molar-refractivity contribution < 1.29 is 38.2 Å². The van der Waals surface area contributed by atoms with Crippen molar-refractivity contribution in [2.24, 2.45) is 0 Å². The van der Waals surface area contributed by atoms with Gasteiger partial charge in [0.15, 0.2) is 0 Å². The van der Waals surface area contributed by atoms with E-state index in [1.54, 1.807) is 0 Å². The normalized spacial score (nSPS) is 4.75. The second kappa shape index (κ2) is 8.88. The van der Waals surface area contributed by atoms with Crippen LogP contribution in [0.3, 0.4) is 0 Å². The van der Waals surface area contributed by atoms with Gasteiger partial charge >= 0.3 is 36.7 Å². The van der Waals surface area contributed by atoms with Crippen LogP contribution in [-0.4, -0.2) is 0 Å². The molecule has 0 bridgehead atoms. The fourth-order valence-electron chi connectivity index (χ4n) is 0. The maximum Gasteiger partial charge on any atom is -1.00 e. The van der Waals surface area contributed by atoms with Crippen LogP contribution in [0.4, 0.5) is 0 Å². The molecule has 0 aliphatic carbocycles. The largest absolute Gasteiger partial charge is 1.00 e. The monoisotopic (exact) mass is 178 g/mol. The molecule has 0 saturated carbocycles. The van der Waals surface area contributed by atoms with Crippen LogP contribution in [0.15, 0.2) is 0 Å². The van der Waals surface area contributed by atoms with Crippen molar-refractivity contribution in [2.75, 3.05) is 0 Å². The van der Waals surface area contributed by atoms with Crippen molar-refractivity contribution in [1.82, 2.24) is 0 Å². The molecule has 0 spiro atoms. The van der Waals surface area contributed by atoms with Gasteiger partial charge in [-0.1, -0.05) is 0 Å². The van der Waals surface area contributed by atoms with Gasteiger partial charge in [0, 0.05) is 0 Å². The molecule has 0 amide bonds. The van der Waals surface area contributed by atoms with Crippen LogP contribution >= 0.6 is 0 Å². The molecule has 0 saturated heterocycles. The van der Waals surface area contributed by atoms with Gasteiger partial charge in [0.05, 0.1) is 0 Å². The molecule has 0 aromatic heterocycles. The Morgan fingerprint density at radius 2 is 1.75 bits per heavy atom. The van der Waals surface area contributed by atoms with E-state index in [2.05, 4.69) is 6.92 Å². The summed E-state index contributed by atoms with van der Waals surface area (Å²) >= 11 is 1.20. The molecule has 4 heavy (non-hydrogen) atoms. The summed E-state index contributed by atoms with van der Waals surface area (Å²) in [7, 11) is 0. The molecule has 22 valence electrons. The van der Waals surface area contributed by atoms with E-state index < -0.39 is 0 Å². The standard InChI is InChI=1S/C2H5.Cd.ClH/c1-2;;/h1H2,2H3;;1H/q;+1;/p-1. The van der Waals surface area contributed by atoms with Crippen molar-refractivity contribution >= 4 is 0 Å². The molecule has 0 unspecified atom stereocenters. The van der Waals surface area contributed by atoms with Crippen molar-refractivity contribution in [2.45, 2.75) is 10.9 Å². The van der Waals surface area contributed by atoms with Crippen LogP contribution < -0.4 is 12.4 Å². The van der Waals surface area contributed by atoms with Gasteiger partial charge in [-0.25, -0.2) is 0 Å². The number of hydrogen-bond acceptors (Lipinski definition) is 0. The number of hydrogen-bond donors (Lipinski definition) is 0. The minimum atomic E-state index is 0. The third-order valence-corrected chi connectivity index (χ3v) is 0. The third kappa shape index (κ3) is 10.7. The smallest absolute Gasteiger partial charge is 1.00 e. The fraction of sp³-hybridized carbons (Fsp3) is 1.00. The second-order valence-electron chi connectivity index (χ2n) is 0.500. The molecule has 0 fully saturated rings. The molecule has 0 nitrogen and oxygen atoms in total. The molecule has 0 aliphatic rings. The molecule has 0 heterocycles. The Morgan fingerprint density at radius 3 is 1.75 bits per heavy atom. The van der Waals surface area contributed by atoms with E-state index in [1.165, 1.54) is 29.7 Å². The molecule has 0 rings (SSSR count). The van der Waals surface area contributed by atoms with Gasteiger partial charge in [0.25, 0.3) is 0 Å². The molecular formula is C2H5CdCl. The zero-order chi connectivity index (χ0) is 2.71. The maximum atomic E-state index is 2.20. The summed E-state index contributed by atoms with van der Waals surface area (Å²) in [5.74, 6) is 0. The minimum Gasteiger partial charge on any atom is -1.00 e. The van der Waals surface area contributed by atoms with E-state index in [9.17, 15) is 0 Å². The summed E-state index contributed by atoms with van der Waals surface area (Å²) < 4.78 is 1.42. The summed E-state index contributed by atoms with van der Waals surface area (Å²) in [5, 5.41) is 0. The fourth-order valence-corrected chi connectivity index (χ4v) is 0. The van der Waals surface area contributed by atoms with E-state index in [1.807, 2.05) is 0 Å². The SMILES string of the molecule is C[CH2][Cd+].[Cl-]. The average Bonchev–Trinajstić information content (AvgIpc) is 0.918. The van der Waals surface area contributed by atoms with E-state index >= 15 is 0 Å². The Kier molecular flexibility index (Phi) is 19.9. The van der Waals surface area contributed by atoms with Crippen LogP contribution in [0.25, 0.3) is 0 Å². The van der Waals surface area contributed by atoms with Gasteiger partial charge in [-0.05, 0) is 0 Å². The van der Waals surface area contributed by atoms with Crippen molar-refractivity contribution in [3.05, 3.63) is 0 Å². The Morgan fingerprint density at radius 1 is 1.75 bits per heavy atom. The van der Waals surface area contributed by atoms with Gasteiger partial charge in [-0.15, -0.1) is 0 Å². The van der Waals surface area contributed by atoms with Crippen LogP contribution in [0.2, 0.25) is 3.98 Å². The summed E-state index contributed by atoms with van der Waals surface area (Å²) in [4.78, 5) is 0. The molecule has 0 aromatic carbocycles. The van der Waals surface area contributed by atoms with Crippen molar-refractivity contribution in [3.8, 4) is 0 Å². The Labute approximate surface area is 49.1 Å². The van der Waals surface area contributed by atoms with Gasteiger partial charge in [-0.2, -0.15) is 0 Å². The van der Waals surface area contributed by atoms with Gasteiger partial charge in [0.1, 0.15) is 0 Å². The molecule has 0 N–H and O–H groups in total. The molecule has 0 aliphatic heterocycles. The van der Waals surface area contributed by atoms with Crippen molar-refractivity contribution in [1.29, 1.82) is 0 Å². The average molecular weight is 177 g/mol. The Balaban J connectivity index is 0. The molecule has 0 aromatic rings. The zero-order valence-electron chi connectivity index (χ0n) is 2.79. The van der Waals surface area contributed by atoms with Gasteiger partial charge < -0.3 is 12.4 Å². The number of halogens is 1. The first-order chi connectivity index (χ1) is 1.41. The summed E-state index contributed by atoms with van der Waals surface area (Å²) in [6.45, 7) is 2.20. The number of rotatable bonds is 0. The predicted octanol–water partition coefficient (Wildman–Crippen LogP) is -2.02. The van der Waals surface area contributed by atoms with E-state index in [-0.39, 0.29) is 12.4 Å². The first-order valence-electron chi connectivity index (χ1n) is 1.21. The molecule has 0 radical (unpaired) electrons. The van der Waals surface area contributed by atoms with Gasteiger partial charge in [0.2, 0.25) is 0 Å². The minimum absolute atomic E-state index is 0. The van der Waals surface area contributed by atoms with Crippen LogP contribution in [0, 0.1) is 0 Å². The third-order valence-electron chi connectivity index (χ3n) is 0. The summed E-state index contributed by atoms with van der Waals surface area (Å²) in [5.41, 5.74) is 0. The van der Waals surface area contributed by atoms with Gasteiger partial charge in [-0.3, -0.25) is 0 Å².